The highest BCUT2D eigenvalue weighted by atomic mass is 79.9. The zero-order valence-electron chi connectivity index (χ0n) is 9.93. The number of halogens is 5. The quantitative estimate of drug-likeness (QED) is 0.695. The fraction of sp³-hybridized carbons (Fsp3) is 0.0769. The molecule has 0 saturated carbocycles. The standard InChI is InChI=1S/C13H9BrClF3N2/c14-10-6-8(2-3-11(10)15)20-12-4-1-7(19)5-9(12)13(16,17)18/h1-6,20H,19H2. The topological polar surface area (TPSA) is 38.0 Å². The molecule has 0 aromatic heterocycles. The van der Waals surface area contributed by atoms with Crippen LogP contribution in [0.3, 0.4) is 0 Å². The summed E-state index contributed by atoms with van der Waals surface area (Å²) in [4.78, 5) is 0. The van der Waals surface area contributed by atoms with Gasteiger partial charge in [0, 0.05) is 15.8 Å². The Morgan fingerprint density at radius 3 is 2.40 bits per heavy atom. The van der Waals surface area contributed by atoms with E-state index in [1.165, 1.54) is 12.1 Å². The minimum absolute atomic E-state index is 0.0557. The van der Waals surface area contributed by atoms with E-state index >= 15 is 0 Å². The first-order chi connectivity index (χ1) is 9.27. The van der Waals surface area contributed by atoms with Crippen molar-refractivity contribution in [1.82, 2.24) is 0 Å². The largest absolute Gasteiger partial charge is 0.418 e. The van der Waals surface area contributed by atoms with Crippen LogP contribution < -0.4 is 11.1 Å². The minimum Gasteiger partial charge on any atom is -0.399 e. The Morgan fingerprint density at radius 2 is 1.80 bits per heavy atom. The lowest BCUT2D eigenvalue weighted by molar-refractivity contribution is -0.136. The minimum atomic E-state index is -4.48. The monoisotopic (exact) mass is 364 g/mol. The van der Waals surface area contributed by atoms with E-state index in [2.05, 4.69) is 21.2 Å². The first-order valence-corrected chi connectivity index (χ1v) is 6.63. The fourth-order valence-corrected chi connectivity index (χ4v) is 2.13. The van der Waals surface area contributed by atoms with Crippen molar-refractivity contribution in [3.05, 3.63) is 51.5 Å². The van der Waals surface area contributed by atoms with Gasteiger partial charge in [-0.1, -0.05) is 11.6 Å². The summed E-state index contributed by atoms with van der Waals surface area (Å²) in [6.45, 7) is 0. The number of hydrogen-bond donors (Lipinski definition) is 2. The maximum atomic E-state index is 12.9. The molecule has 2 aromatic rings. The van der Waals surface area contributed by atoms with E-state index < -0.39 is 11.7 Å². The van der Waals surface area contributed by atoms with Crippen LogP contribution in [-0.2, 0) is 6.18 Å². The number of nitrogen functional groups attached to an aromatic ring is 1. The highest BCUT2D eigenvalue weighted by Crippen LogP contribution is 2.37. The molecule has 0 radical (unpaired) electrons. The second kappa shape index (κ2) is 5.54. The van der Waals surface area contributed by atoms with Gasteiger partial charge >= 0.3 is 6.18 Å². The number of rotatable bonds is 2. The highest BCUT2D eigenvalue weighted by molar-refractivity contribution is 9.10. The summed E-state index contributed by atoms with van der Waals surface area (Å²) in [5.41, 5.74) is 5.06. The normalized spacial score (nSPS) is 11.4. The van der Waals surface area contributed by atoms with Gasteiger partial charge < -0.3 is 11.1 Å². The predicted molar refractivity (Wildman–Crippen MR) is 78.3 cm³/mol. The third-order valence-electron chi connectivity index (χ3n) is 2.55. The third kappa shape index (κ3) is 3.37. The van der Waals surface area contributed by atoms with Crippen molar-refractivity contribution in [2.45, 2.75) is 6.18 Å². The van der Waals surface area contributed by atoms with Crippen molar-refractivity contribution >= 4 is 44.6 Å². The average Bonchev–Trinajstić information content (AvgIpc) is 2.35. The van der Waals surface area contributed by atoms with Crippen LogP contribution >= 0.6 is 27.5 Å². The molecule has 0 saturated heterocycles. The van der Waals surface area contributed by atoms with Gasteiger partial charge in [0.2, 0.25) is 0 Å². The predicted octanol–water partition coefficient (Wildman–Crippen LogP) is 5.45. The van der Waals surface area contributed by atoms with E-state index in [0.717, 1.165) is 6.07 Å². The van der Waals surface area contributed by atoms with Gasteiger partial charge in [0.25, 0.3) is 0 Å². The number of nitrogens with one attached hydrogen (secondary N) is 1. The fourth-order valence-electron chi connectivity index (χ4n) is 1.63. The zero-order chi connectivity index (χ0) is 14.9. The summed E-state index contributed by atoms with van der Waals surface area (Å²) in [5.74, 6) is 0. The molecule has 0 aliphatic heterocycles. The summed E-state index contributed by atoms with van der Waals surface area (Å²) in [6, 6.07) is 8.36. The van der Waals surface area contributed by atoms with Crippen molar-refractivity contribution in [2.75, 3.05) is 11.1 Å². The Balaban J connectivity index is 2.40. The van der Waals surface area contributed by atoms with Crippen molar-refractivity contribution < 1.29 is 13.2 Å². The van der Waals surface area contributed by atoms with Crippen LogP contribution in [0.5, 0.6) is 0 Å². The maximum Gasteiger partial charge on any atom is 0.418 e. The second-order valence-electron chi connectivity index (χ2n) is 4.06. The first kappa shape index (κ1) is 15.0. The van der Waals surface area contributed by atoms with Crippen LogP contribution in [0.1, 0.15) is 5.56 Å². The van der Waals surface area contributed by atoms with Crippen LogP contribution in [0.4, 0.5) is 30.2 Å². The molecule has 106 valence electrons. The molecule has 3 N–H and O–H groups in total. The smallest absolute Gasteiger partial charge is 0.399 e. The SMILES string of the molecule is Nc1ccc(Nc2ccc(Cl)c(Br)c2)c(C(F)(F)F)c1. The second-order valence-corrected chi connectivity index (χ2v) is 5.32. The number of hydrogen-bond acceptors (Lipinski definition) is 2. The molecule has 0 fully saturated rings. The molecule has 0 spiro atoms. The molecular formula is C13H9BrClF3N2. The maximum absolute atomic E-state index is 12.9. The summed E-state index contributed by atoms with van der Waals surface area (Å²) < 4.78 is 39.4. The average molecular weight is 366 g/mol. The zero-order valence-corrected chi connectivity index (χ0v) is 12.3. The summed E-state index contributed by atoms with van der Waals surface area (Å²) in [7, 11) is 0. The van der Waals surface area contributed by atoms with E-state index in [0.29, 0.717) is 15.2 Å². The molecule has 7 heteroatoms. The van der Waals surface area contributed by atoms with Crippen LogP contribution in [0.15, 0.2) is 40.9 Å². The number of benzene rings is 2. The van der Waals surface area contributed by atoms with E-state index in [4.69, 9.17) is 17.3 Å². The lowest BCUT2D eigenvalue weighted by atomic mass is 10.1. The van der Waals surface area contributed by atoms with E-state index in [1.807, 2.05) is 0 Å². The van der Waals surface area contributed by atoms with Gasteiger partial charge in [-0.25, -0.2) is 0 Å². The lowest BCUT2D eigenvalue weighted by Crippen LogP contribution is -2.09. The highest BCUT2D eigenvalue weighted by Gasteiger charge is 2.33. The molecule has 0 aliphatic rings. The lowest BCUT2D eigenvalue weighted by Gasteiger charge is -2.15. The molecule has 0 heterocycles. The van der Waals surface area contributed by atoms with Crippen LogP contribution in [-0.4, -0.2) is 0 Å². The van der Waals surface area contributed by atoms with Gasteiger partial charge in [0.15, 0.2) is 0 Å². The number of anilines is 3. The summed E-state index contributed by atoms with van der Waals surface area (Å²) >= 11 is 9.05. The van der Waals surface area contributed by atoms with Crippen molar-refractivity contribution in [3.8, 4) is 0 Å². The van der Waals surface area contributed by atoms with Gasteiger partial charge in [-0.15, -0.1) is 0 Å². The molecule has 2 nitrogen and oxygen atoms in total. The molecular weight excluding hydrogens is 357 g/mol. The van der Waals surface area contributed by atoms with Crippen LogP contribution in [0, 0.1) is 0 Å². The summed E-state index contributed by atoms with van der Waals surface area (Å²) in [6.07, 6.45) is -4.48. The summed E-state index contributed by atoms with van der Waals surface area (Å²) in [5, 5.41) is 3.19. The van der Waals surface area contributed by atoms with E-state index in [9.17, 15) is 13.2 Å². The van der Waals surface area contributed by atoms with Crippen molar-refractivity contribution in [3.63, 3.8) is 0 Å². The number of nitrogens with two attached hydrogens (primary N) is 1. The van der Waals surface area contributed by atoms with Gasteiger partial charge in [-0.05, 0) is 52.3 Å². The number of alkyl halides is 3. The van der Waals surface area contributed by atoms with E-state index in [1.54, 1.807) is 18.2 Å². The molecule has 2 aromatic carbocycles. The van der Waals surface area contributed by atoms with Gasteiger partial charge in [-0.2, -0.15) is 13.2 Å². The Morgan fingerprint density at radius 1 is 1.10 bits per heavy atom. The Labute approximate surface area is 126 Å². The van der Waals surface area contributed by atoms with Crippen LogP contribution in [0.2, 0.25) is 5.02 Å². The van der Waals surface area contributed by atoms with E-state index in [-0.39, 0.29) is 11.4 Å². The van der Waals surface area contributed by atoms with Gasteiger partial charge in [0.05, 0.1) is 16.3 Å². The van der Waals surface area contributed by atoms with Crippen molar-refractivity contribution in [1.29, 1.82) is 0 Å². The Bertz CT molecular complexity index is 644. The molecule has 0 unspecified atom stereocenters. The molecule has 0 atom stereocenters. The van der Waals surface area contributed by atoms with Gasteiger partial charge in [-0.3, -0.25) is 0 Å². The molecule has 20 heavy (non-hydrogen) atoms. The van der Waals surface area contributed by atoms with Gasteiger partial charge in [0.1, 0.15) is 0 Å². The molecule has 0 amide bonds. The van der Waals surface area contributed by atoms with Crippen molar-refractivity contribution in [2.24, 2.45) is 0 Å². The van der Waals surface area contributed by atoms with Crippen LogP contribution in [0.25, 0.3) is 0 Å². The third-order valence-corrected chi connectivity index (χ3v) is 3.76. The Kier molecular flexibility index (Phi) is 4.15. The molecule has 2 rings (SSSR count). The molecule has 0 bridgehead atoms. The molecule has 0 aliphatic carbocycles. The Hall–Kier alpha value is -1.40. The first-order valence-electron chi connectivity index (χ1n) is 5.46.